The van der Waals surface area contributed by atoms with Crippen LogP contribution in [0.2, 0.25) is 0 Å². The van der Waals surface area contributed by atoms with Crippen LogP contribution in [0.15, 0.2) is 55.0 Å². The van der Waals surface area contributed by atoms with E-state index in [2.05, 4.69) is 20.7 Å². The number of rotatable bonds is 7. The summed E-state index contributed by atoms with van der Waals surface area (Å²) in [5.41, 5.74) is 4.02. The minimum absolute atomic E-state index is 0.200. The van der Waals surface area contributed by atoms with Crippen LogP contribution >= 0.6 is 0 Å². The lowest BCUT2D eigenvalue weighted by Gasteiger charge is -2.09. The quantitative estimate of drug-likeness (QED) is 0.674. The second kappa shape index (κ2) is 8.84. The van der Waals surface area contributed by atoms with Gasteiger partial charge in [-0.05, 0) is 41.8 Å². The zero-order valence-corrected chi connectivity index (χ0v) is 15.5. The Morgan fingerprint density at radius 2 is 1.93 bits per heavy atom. The molecule has 0 radical (unpaired) electrons. The molecule has 3 aromatic rings. The fourth-order valence-electron chi connectivity index (χ4n) is 2.74. The van der Waals surface area contributed by atoms with Crippen molar-refractivity contribution < 1.29 is 9.53 Å². The second-order valence-electron chi connectivity index (χ2n) is 6.13. The predicted octanol–water partition coefficient (Wildman–Crippen LogP) is 2.53. The van der Waals surface area contributed by atoms with E-state index in [0.717, 1.165) is 34.6 Å². The standard InChI is InChI=1S/C20H23N5O2/c1-25-19(8-10-24-25)17-11-16(12-21-14-17)13-23-20(26)22-9-7-15-3-5-18(27-2)6-4-15/h3-6,8,10-12,14H,7,9,13H2,1-2H3,(H2,22,23,26). The van der Waals surface area contributed by atoms with Gasteiger partial charge in [0.25, 0.3) is 0 Å². The Labute approximate surface area is 158 Å². The van der Waals surface area contributed by atoms with Crippen LogP contribution < -0.4 is 15.4 Å². The van der Waals surface area contributed by atoms with Crippen LogP contribution in [0.25, 0.3) is 11.3 Å². The number of aryl methyl sites for hydroxylation is 1. The summed E-state index contributed by atoms with van der Waals surface area (Å²) >= 11 is 0. The zero-order valence-electron chi connectivity index (χ0n) is 15.5. The minimum Gasteiger partial charge on any atom is -0.497 e. The van der Waals surface area contributed by atoms with Crippen LogP contribution in [0.4, 0.5) is 4.79 Å². The van der Waals surface area contributed by atoms with Gasteiger partial charge in [0.2, 0.25) is 0 Å². The number of ether oxygens (including phenoxy) is 1. The first-order valence-corrected chi connectivity index (χ1v) is 8.72. The van der Waals surface area contributed by atoms with Crippen LogP contribution in [0.5, 0.6) is 5.75 Å². The largest absolute Gasteiger partial charge is 0.497 e. The molecule has 2 amide bonds. The van der Waals surface area contributed by atoms with Crippen molar-refractivity contribution in [2.45, 2.75) is 13.0 Å². The van der Waals surface area contributed by atoms with E-state index in [1.807, 2.05) is 43.4 Å². The van der Waals surface area contributed by atoms with E-state index in [1.54, 1.807) is 30.4 Å². The van der Waals surface area contributed by atoms with Crippen LogP contribution in [-0.4, -0.2) is 34.5 Å². The van der Waals surface area contributed by atoms with Crippen molar-refractivity contribution in [3.8, 4) is 17.0 Å². The summed E-state index contributed by atoms with van der Waals surface area (Å²) in [5, 5.41) is 9.89. The Bertz CT molecular complexity index is 889. The molecule has 0 unspecified atom stereocenters. The van der Waals surface area contributed by atoms with Gasteiger partial charge in [-0.25, -0.2) is 4.79 Å². The Balaban J connectivity index is 1.45. The van der Waals surface area contributed by atoms with Crippen molar-refractivity contribution >= 4 is 6.03 Å². The molecule has 2 N–H and O–H groups in total. The molecule has 0 aliphatic rings. The Hall–Kier alpha value is -3.35. The molecular weight excluding hydrogens is 342 g/mol. The first kappa shape index (κ1) is 18.4. The molecule has 27 heavy (non-hydrogen) atoms. The SMILES string of the molecule is COc1ccc(CCNC(=O)NCc2cncc(-c3ccnn3C)c2)cc1. The maximum absolute atomic E-state index is 12.0. The van der Waals surface area contributed by atoms with Crippen LogP contribution in [-0.2, 0) is 20.0 Å². The van der Waals surface area contributed by atoms with Gasteiger partial charge in [-0.2, -0.15) is 5.10 Å². The van der Waals surface area contributed by atoms with Gasteiger partial charge in [-0.1, -0.05) is 12.1 Å². The van der Waals surface area contributed by atoms with Gasteiger partial charge >= 0.3 is 6.03 Å². The Morgan fingerprint density at radius 3 is 2.63 bits per heavy atom. The van der Waals surface area contributed by atoms with Crippen molar-refractivity contribution in [1.82, 2.24) is 25.4 Å². The zero-order chi connectivity index (χ0) is 19.1. The van der Waals surface area contributed by atoms with E-state index in [0.29, 0.717) is 13.1 Å². The van der Waals surface area contributed by atoms with Crippen LogP contribution in [0, 0.1) is 0 Å². The highest BCUT2D eigenvalue weighted by atomic mass is 16.5. The number of nitrogens with one attached hydrogen (secondary N) is 2. The van der Waals surface area contributed by atoms with E-state index < -0.39 is 0 Å². The second-order valence-corrected chi connectivity index (χ2v) is 6.13. The molecule has 0 atom stereocenters. The van der Waals surface area contributed by atoms with Crippen molar-refractivity contribution in [2.24, 2.45) is 7.05 Å². The molecule has 2 heterocycles. The summed E-state index contributed by atoms with van der Waals surface area (Å²) in [6.07, 6.45) is 6.04. The van der Waals surface area contributed by atoms with Gasteiger partial charge in [0.05, 0.1) is 12.8 Å². The molecule has 0 aliphatic heterocycles. The van der Waals surface area contributed by atoms with Crippen LogP contribution in [0.1, 0.15) is 11.1 Å². The summed E-state index contributed by atoms with van der Waals surface area (Å²) in [4.78, 5) is 16.3. The third kappa shape index (κ3) is 5.07. The molecule has 0 saturated carbocycles. The number of carbonyl (C=O) groups is 1. The average molecular weight is 365 g/mol. The summed E-state index contributed by atoms with van der Waals surface area (Å²) < 4.78 is 6.93. The van der Waals surface area contributed by atoms with Gasteiger partial charge in [-0.3, -0.25) is 9.67 Å². The molecule has 2 aromatic heterocycles. The van der Waals surface area contributed by atoms with E-state index in [-0.39, 0.29) is 6.03 Å². The normalized spacial score (nSPS) is 10.4. The third-order valence-electron chi connectivity index (χ3n) is 4.22. The van der Waals surface area contributed by atoms with E-state index >= 15 is 0 Å². The lowest BCUT2D eigenvalue weighted by Crippen LogP contribution is -2.36. The number of benzene rings is 1. The molecule has 0 fully saturated rings. The molecule has 7 heteroatoms. The van der Waals surface area contributed by atoms with Gasteiger partial charge < -0.3 is 15.4 Å². The topological polar surface area (TPSA) is 81.1 Å². The number of pyridine rings is 1. The summed E-state index contributed by atoms with van der Waals surface area (Å²) in [6, 6.07) is 11.5. The lowest BCUT2D eigenvalue weighted by molar-refractivity contribution is 0.240. The lowest BCUT2D eigenvalue weighted by atomic mass is 10.1. The highest BCUT2D eigenvalue weighted by Crippen LogP contribution is 2.18. The molecule has 7 nitrogen and oxygen atoms in total. The number of carbonyl (C=O) groups excluding carboxylic acids is 1. The maximum Gasteiger partial charge on any atom is 0.315 e. The maximum atomic E-state index is 12.0. The number of urea groups is 1. The smallest absolute Gasteiger partial charge is 0.315 e. The summed E-state index contributed by atoms with van der Waals surface area (Å²) in [5.74, 6) is 0.825. The number of amides is 2. The van der Waals surface area contributed by atoms with Gasteiger partial charge in [-0.15, -0.1) is 0 Å². The van der Waals surface area contributed by atoms with E-state index in [4.69, 9.17) is 4.74 Å². The summed E-state index contributed by atoms with van der Waals surface area (Å²) in [6.45, 7) is 0.971. The number of hydrogen-bond donors (Lipinski definition) is 2. The van der Waals surface area contributed by atoms with Crippen molar-refractivity contribution in [1.29, 1.82) is 0 Å². The highest BCUT2D eigenvalue weighted by Gasteiger charge is 2.06. The van der Waals surface area contributed by atoms with E-state index in [9.17, 15) is 4.79 Å². The van der Waals surface area contributed by atoms with Crippen molar-refractivity contribution in [3.05, 3.63) is 66.1 Å². The predicted molar refractivity (Wildman–Crippen MR) is 103 cm³/mol. The fourth-order valence-corrected chi connectivity index (χ4v) is 2.74. The average Bonchev–Trinajstić information content (AvgIpc) is 3.13. The van der Waals surface area contributed by atoms with Crippen molar-refractivity contribution in [2.75, 3.05) is 13.7 Å². The first-order valence-electron chi connectivity index (χ1n) is 8.72. The first-order chi connectivity index (χ1) is 13.2. The molecule has 1 aromatic carbocycles. The highest BCUT2D eigenvalue weighted by molar-refractivity contribution is 5.73. The Morgan fingerprint density at radius 1 is 1.11 bits per heavy atom. The molecular formula is C20H23N5O2. The number of methoxy groups -OCH3 is 1. The fraction of sp³-hybridized carbons (Fsp3) is 0.250. The minimum atomic E-state index is -0.200. The number of hydrogen-bond acceptors (Lipinski definition) is 4. The number of aromatic nitrogens is 3. The molecule has 0 spiro atoms. The third-order valence-corrected chi connectivity index (χ3v) is 4.22. The summed E-state index contributed by atoms with van der Waals surface area (Å²) in [7, 11) is 3.53. The molecule has 0 aliphatic carbocycles. The van der Waals surface area contributed by atoms with Gasteiger partial charge in [0, 0.05) is 44.3 Å². The molecule has 0 saturated heterocycles. The molecule has 140 valence electrons. The number of nitrogens with zero attached hydrogens (tertiary/aromatic N) is 3. The van der Waals surface area contributed by atoms with E-state index in [1.165, 1.54) is 0 Å². The van der Waals surface area contributed by atoms with Gasteiger partial charge in [0.15, 0.2) is 0 Å². The monoisotopic (exact) mass is 365 g/mol. The van der Waals surface area contributed by atoms with Crippen molar-refractivity contribution in [3.63, 3.8) is 0 Å². The van der Waals surface area contributed by atoms with Gasteiger partial charge in [0.1, 0.15) is 5.75 Å². The van der Waals surface area contributed by atoms with Crippen LogP contribution in [0.3, 0.4) is 0 Å². The molecule has 3 rings (SSSR count). The molecule has 0 bridgehead atoms. The Kier molecular flexibility index (Phi) is 6.04.